The number of nitrogens with zero attached hydrogens (tertiary/aromatic N) is 2. The number of hydrogen-bond donors (Lipinski definition) is 2. The molecule has 1 aromatic carbocycles. The molecule has 1 saturated carbocycles. The summed E-state index contributed by atoms with van der Waals surface area (Å²) in [6.07, 6.45) is 4.89. The second kappa shape index (κ2) is 4.85. The van der Waals surface area contributed by atoms with E-state index in [0.717, 1.165) is 23.3 Å². The number of likely N-dealkylation sites (N-methyl/N-ethyl adjacent to an activating group) is 1. The van der Waals surface area contributed by atoms with Crippen LogP contribution in [0.5, 0.6) is 0 Å². The number of aromatic nitrogens is 2. The molecule has 1 heterocycles. The van der Waals surface area contributed by atoms with Crippen molar-refractivity contribution in [3.05, 3.63) is 24.0 Å². The molecule has 2 unspecified atom stereocenters. The lowest BCUT2D eigenvalue weighted by molar-refractivity contribution is 0.374. The van der Waals surface area contributed by atoms with Gasteiger partial charge in [-0.05, 0) is 38.0 Å². The van der Waals surface area contributed by atoms with Gasteiger partial charge in [0.05, 0.1) is 11.0 Å². The Morgan fingerprint density at radius 2 is 2.11 bits per heavy atom. The van der Waals surface area contributed by atoms with E-state index in [2.05, 4.69) is 40.1 Å². The topological polar surface area (TPSA) is 57.9 Å². The first-order valence-corrected chi connectivity index (χ1v) is 7.10. The predicted molar refractivity (Wildman–Crippen MR) is 79.5 cm³/mol. The Bertz CT molecular complexity index is 575. The molecule has 3 rings (SSSR count). The number of benzene rings is 1. The van der Waals surface area contributed by atoms with Crippen LogP contribution in [-0.4, -0.2) is 29.1 Å². The van der Waals surface area contributed by atoms with Crippen molar-refractivity contribution in [1.82, 2.24) is 9.97 Å². The first kappa shape index (κ1) is 12.5. The number of aryl methyl sites for hydroxylation is 1. The molecule has 19 heavy (non-hydrogen) atoms. The van der Waals surface area contributed by atoms with E-state index in [1.165, 1.54) is 24.9 Å². The van der Waals surface area contributed by atoms with Gasteiger partial charge >= 0.3 is 0 Å². The third kappa shape index (κ3) is 2.32. The van der Waals surface area contributed by atoms with E-state index < -0.39 is 0 Å². The van der Waals surface area contributed by atoms with Crippen molar-refractivity contribution in [2.45, 2.75) is 44.7 Å². The molecule has 4 nitrogen and oxygen atoms in total. The number of nitrogens with one attached hydrogen (secondary N) is 1. The maximum absolute atomic E-state index is 6.27. The minimum Gasteiger partial charge on any atom is -0.370 e. The Hall–Kier alpha value is -1.55. The smallest absolute Gasteiger partial charge is 0.104 e. The first-order chi connectivity index (χ1) is 9.15. The fourth-order valence-electron chi connectivity index (χ4n) is 3.16. The zero-order valence-electron chi connectivity index (χ0n) is 11.7. The van der Waals surface area contributed by atoms with Crippen LogP contribution in [0.1, 0.15) is 31.5 Å². The molecule has 2 aromatic rings. The number of fused-ring (bicyclic) bond motifs is 1. The van der Waals surface area contributed by atoms with E-state index in [-0.39, 0.29) is 6.04 Å². The van der Waals surface area contributed by atoms with Crippen LogP contribution in [0.4, 0.5) is 5.69 Å². The number of rotatable bonds is 2. The van der Waals surface area contributed by atoms with Gasteiger partial charge in [-0.2, -0.15) is 0 Å². The van der Waals surface area contributed by atoms with Crippen LogP contribution in [-0.2, 0) is 0 Å². The third-order valence-corrected chi connectivity index (χ3v) is 4.27. The number of aromatic amines is 1. The highest BCUT2D eigenvalue weighted by Crippen LogP contribution is 2.27. The average molecular weight is 258 g/mol. The summed E-state index contributed by atoms with van der Waals surface area (Å²) in [6.45, 7) is 1.99. The highest BCUT2D eigenvalue weighted by molar-refractivity contribution is 5.79. The van der Waals surface area contributed by atoms with Crippen LogP contribution in [0.3, 0.4) is 0 Å². The minimum absolute atomic E-state index is 0.290. The summed E-state index contributed by atoms with van der Waals surface area (Å²) in [4.78, 5) is 10.1. The first-order valence-electron chi connectivity index (χ1n) is 7.10. The van der Waals surface area contributed by atoms with Crippen LogP contribution >= 0.6 is 0 Å². The summed E-state index contributed by atoms with van der Waals surface area (Å²) in [6, 6.07) is 7.15. The number of anilines is 1. The second-order valence-corrected chi connectivity index (χ2v) is 5.65. The summed E-state index contributed by atoms with van der Waals surface area (Å²) >= 11 is 0. The third-order valence-electron chi connectivity index (χ3n) is 4.27. The molecule has 0 radical (unpaired) electrons. The largest absolute Gasteiger partial charge is 0.370 e. The number of imidazole rings is 1. The van der Waals surface area contributed by atoms with Crippen molar-refractivity contribution in [2.24, 2.45) is 5.73 Å². The molecule has 0 spiro atoms. The van der Waals surface area contributed by atoms with Crippen molar-refractivity contribution in [3.8, 4) is 0 Å². The second-order valence-electron chi connectivity index (χ2n) is 5.65. The van der Waals surface area contributed by atoms with Gasteiger partial charge in [0.25, 0.3) is 0 Å². The number of nitrogens with two attached hydrogens (primary N) is 1. The predicted octanol–water partition coefficient (Wildman–Crippen LogP) is 2.58. The summed E-state index contributed by atoms with van der Waals surface area (Å²) in [5, 5.41) is 0. The average Bonchev–Trinajstić information content (AvgIpc) is 2.77. The van der Waals surface area contributed by atoms with Gasteiger partial charge in [-0.15, -0.1) is 0 Å². The van der Waals surface area contributed by atoms with Crippen molar-refractivity contribution in [2.75, 3.05) is 11.9 Å². The van der Waals surface area contributed by atoms with Crippen LogP contribution < -0.4 is 10.6 Å². The Morgan fingerprint density at radius 3 is 2.89 bits per heavy atom. The maximum atomic E-state index is 6.27. The normalized spacial score (nSPS) is 23.7. The summed E-state index contributed by atoms with van der Waals surface area (Å²) in [5.74, 6) is 0.962. The van der Waals surface area contributed by atoms with Gasteiger partial charge in [-0.3, -0.25) is 0 Å². The highest BCUT2D eigenvalue weighted by Gasteiger charge is 2.25. The lowest BCUT2D eigenvalue weighted by Crippen LogP contribution is -2.48. The fourth-order valence-corrected chi connectivity index (χ4v) is 3.16. The van der Waals surface area contributed by atoms with Gasteiger partial charge < -0.3 is 15.6 Å². The van der Waals surface area contributed by atoms with Gasteiger partial charge in [-0.25, -0.2) is 4.98 Å². The molecule has 4 heteroatoms. The Balaban J connectivity index is 1.89. The molecule has 2 atom stereocenters. The lowest BCUT2D eigenvalue weighted by Gasteiger charge is -2.37. The van der Waals surface area contributed by atoms with Crippen LogP contribution in [0.2, 0.25) is 0 Å². The van der Waals surface area contributed by atoms with Crippen LogP contribution in [0, 0.1) is 6.92 Å². The van der Waals surface area contributed by atoms with E-state index >= 15 is 0 Å². The zero-order valence-corrected chi connectivity index (χ0v) is 11.7. The molecule has 0 amide bonds. The quantitative estimate of drug-likeness (QED) is 0.870. The van der Waals surface area contributed by atoms with Gasteiger partial charge in [0.2, 0.25) is 0 Å². The van der Waals surface area contributed by atoms with E-state index in [4.69, 9.17) is 5.73 Å². The molecule has 1 aliphatic carbocycles. The number of H-pyrrole nitrogens is 1. The zero-order chi connectivity index (χ0) is 13.4. The molecule has 0 aliphatic heterocycles. The van der Waals surface area contributed by atoms with Gasteiger partial charge in [0.15, 0.2) is 0 Å². The minimum atomic E-state index is 0.290. The Labute approximate surface area is 114 Å². The fraction of sp³-hybridized carbons (Fsp3) is 0.533. The summed E-state index contributed by atoms with van der Waals surface area (Å²) < 4.78 is 0. The monoisotopic (exact) mass is 258 g/mol. The molecule has 1 aliphatic rings. The van der Waals surface area contributed by atoms with Crippen LogP contribution in [0.25, 0.3) is 11.0 Å². The van der Waals surface area contributed by atoms with Gasteiger partial charge in [0.1, 0.15) is 5.82 Å². The maximum Gasteiger partial charge on any atom is 0.104 e. The molecular weight excluding hydrogens is 236 g/mol. The van der Waals surface area contributed by atoms with E-state index in [0.29, 0.717) is 6.04 Å². The molecule has 1 aromatic heterocycles. The lowest BCUT2D eigenvalue weighted by atomic mass is 9.90. The molecule has 0 bridgehead atoms. The number of hydrogen-bond acceptors (Lipinski definition) is 3. The molecule has 1 fully saturated rings. The van der Waals surface area contributed by atoms with E-state index in [1.54, 1.807) is 0 Å². The van der Waals surface area contributed by atoms with Crippen molar-refractivity contribution in [3.63, 3.8) is 0 Å². The molecular formula is C15H22N4. The van der Waals surface area contributed by atoms with Crippen LogP contribution in [0.15, 0.2) is 18.2 Å². The van der Waals surface area contributed by atoms with Crippen molar-refractivity contribution < 1.29 is 0 Å². The Kier molecular flexibility index (Phi) is 3.19. The van der Waals surface area contributed by atoms with Crippen molar-refractivity contribution in [1.29, 1.82) is 0 Å². The van der Waals surface area contributed by atoms with Crippen molar-refractivity contribution >= 4 is 16.7 Å². The SMILES string of the molecule is Cc1nc2ccc(N(C)C3CCCCC3N)cc2[nH]1. The molecule has 102 valence electrons. The Morgan fingerprint density at radius 1 is 1.32 bits per heavy atom. The van der Waals surface area contributed by atoms with Gasteiger partial charge in [0, 0.05) is 24.8 Å². The van der Waals surface area contributed by atoms with Gasteiger partial charge in [-0.1, -0.05) is 12.8 Å². The van der Waals surface area contributed by atoms with E-state index in [9.17, 15) is 0 Å². The molecule has 3 N–H and O–H groups in total. The highest BCUT2D eigenvalue weighted by atomic mass is 15.2. The molecule has 0 saturated heterocycles. The standard InChI is InChI=1S/C15H22N4/c1-10-17-13-8-7-11(9-14(13)18-10)19(2)15-6-4-3-5-12(15)16/h7-9,12,15H,3-6,16H2,1-2H3,(H,17,18). The summed E-state index contributed by atoms with van der Waals surface area (Å²) in [7, 11) is 2.15. The van der Waals surface area contributed by atoms with E-state index in [1.807, 2.05) is 6.92 Å². The summed E-state index contributed by atoms with van der Waals surface area (Å²) in [5.41, 5.74) is 9.63.